The Balaban J connectivity index is 2.36. The zero-order chi connectivity index (χ0) is 10.6. The molecule has 0 spiro atoms. The van der Waals surface area contributed by atoms with Gasteiger partial charge in [0.15, 0.2) is 0 Å². The monoisotopic (exact) mass is 198 g/mol. The Kier molecular flexibility index (Phi) is 4.07. The van der Waals surface area contributed by atoms with Crippen LogP contribution in [0.5, 0.6) is 0 Å². The molecule has 1 aliphatic rings. The standard InChI is InChI=1S/C10H18N2O2/c1-8(9(2)13)7-10(14)12-5-3-11-4-6-12/h8,11H,3-7H2,1-2H3. The van der Waals surface area contributed by atoms with E-state index >= 15 is 0 Å². The van der Waals surface area contributed by atoms with Crippen molar-refractivity contribution in [3.8, 4) is 0 Å². The molecule has 4 heteroatoms. The number of amides is 1. The first-order valence-corrected chi connectivity index (χ1v) is 5.10. The lowest BCUT2D eigenvalue weighted by atomic mass is 10.0. The molecular weight excluding hydrogens is 180 g/mol. The highest BCUT2D eigenvalue weighted by molar-refractivity contribution is 5.85. The molecule has 14 heavy (non-hydrogen) atoms. The molecule has 1 amide bonds. The molecule has 4 nitrogen and oxygen atoms in total. The highest BCUT2D eigenvalue weighted by atomic mass is 16.2. The maximum atomic E-state index is 11.7. The number of piperazine rings is 1. The summed E-state index contributed by atoms with van der Waals surface area (Å²) in [6.07, 6.45) is 0.356. The fourth-order valence-corrected chi connectivity index (χ4v) is 1.45. The summed E-state index contributed by atoms with van der Waals surface area (Å²) in [5, 5.41) is 3.18. The molecule has 80 valence electrons. The molecule has 1 unspecified atom stereocenters. The van der Waals surface area contributed by atoms with Crippen molar-refractivity contribution in [2.75, 3.05) is 26.2 Å². The van der Waals surface area contributed by atoms with E-state index in [9.17, 15) is 9.59 Å². The van der Waals surface area contributed by atoms with Crippen molar-refractivity contribution in [1.29, 1.82) is 0 Å². The first kappa shape index (κ1) is 11.2. The minimum absolute atomic E-state index is 0.0912. The van der Waals surface area contributed by atoms with E-state index in [1.807, 2.05) is 11.8 Å². The third kappa shape index (κ3) is 3.10. The van der Waals surface area contributed by atoms with E-state index in [2.05, 4.69) is 5.32 Å². The summed E-state index contributed by atoms with van der Waals surface area (Å²) in [5.41, 5.74) is 0. The van der Waals surface area contributed by atoms with Gasteiger partial charge in [-0.2, -0.15) is 0 Å². The van der Waals surface area contributed by atoms with E-state index < -0.39 is 0 Å². The van der Waals surface area contributed by atoms with E-state index in [0.29, 0.717) is 6.42 Å². The van der Waals surface area contributed by atoms with Crippen LogP contribution in [0.4, 0.5) is 0 Å². The van der Waals surface area contributed by atoms with Crippen LogP contribution in [0.2, 0.25) is 0 Å². The number of hydrogen-bond donors (Lipinski definition) is 1. The van der Waals surface area contributed by atoms with Crippen LogP contribution in [0.1, 0.15) is 20.3 Å². The summed E-state index contributed by atoms with van der Waals surface area (Å²) < 4.78 is 0. The van der Waals surface area contributed by atoms with Crippen molar-refractivity contribution in [3.63, 3.8) is 0 Å². The van der Waals surface area contributed by atoms with Crippen molar-refractivity contribution >= 4 is 11.7 Å². The Morgan fingerprint density at radius 3 is 2.43 bits per heavy atom. The number of hydrogen-bond acceptors (Lipinski definition) is 3. The third-order valence-corrected chi connectivity index (χ3v) is 2.64. The summed E-state index contributed by atoms with van der Waals surface area (Å²) in [5.74, 6) is 0.0556. The SMILES string of the molecule is CC(=O)C(C)CC(=O)N1CCNCC1. The molecule has 0 saturated carbocycles. The summed E-state index contributed by atoms with van der Waals surface area (Å²) in [6.45, 7) is 6.60. The van der Waals surface area contributed by atoms with Crippen molar-refractivity contribution in [2.45, 2.75) is 20.3 Å². The Morgan fingerprint density at radius 2 is 1.93 bits per heavy atom. The Hall–Kier alpha value is -0.900. The first-order chi connectivity index (χ1) is 6.61. The number of nitrogens with zero attached hydrogens (tertiary/aromatic N) is 1. The Morgan fingerprint density at radius 1 is 1.36 bits per heavy atom. The molecule has 1 saturated heterocycles. The van der Waals surface area contributed by atoms with E-state index in [0.717, 1.165) is 26.2 Å². The van der Waals surface area contributed by atoms with Crippen molar-refractivity contribution in [3.05, 3.63) is 0 Å². The molecule has 0 bridgehead atoms. The number of nitrogens with one attached hydrogen (secondary N) is 1. The van der Waals surface area contributed by atoms with Crippen molar-refractivity contribution in [1.82, 2.24) is 10.2 Å². The van der Waals surface area contributed by atoms with E-state index in [4.69, 9.17) is 0 Å². The van der Waals surface area contributed by atoms with Gasteiger partial charge in [0.2, 0.25) is 5.91 Å². The topological polar surface area (TPSA) is 49.4 Å². The van der Waals surface area contributed by atoms with Crippen molar-refractivity contribution < 1.29 is 9.59 Å². The minimum atomic E-state index is -0.141. The fraction of sp³-hybridized carbons (Fsp3) is 0.800. The van der Waals surface area contributed by atoms with Crippen LogP contribution in [0.25, 0.3) is 0 Å². The normalized spacial score (nSPS) is 19.1. The highest BCUT2D eigenvalue weighted by Crippen LogP contribution is 2.07. The van der Waals surface area contributed by atoms with Gasteiger partial charge in [0, 0.05) is 38.5 Å². The van der Waals surface area contributed by atoms with Gasteiger partial charge in [0.05, 0.1) is 0 Å². The molecule has 0 aliphatic carbocycles. The van der Waals surface area contributed by atoms with Gasteiger partial charge in [0.1, 0.15) is 5.78 Å². The molecule has 1 heterocycles. The molecule has 1 rings (SSSR count). The van der Waals surface area contributed by atoms with Gasteiger partial charge >= 0.3 is 0 Å². The second-order valence-electron chi connectivity index (χ2n) is 3.85. The van der Waals surface area contributed by atoms with Gasteiger partial charge in [0.25, 0.3) is 0 Å². The second-order valence-corrected chi connectivity index (χ2v) is 3.85. The second kappa shape index (κ2) is 5.10. The van der Waals surface area contributed by atoms with Crippen LogP contribution in [-0.4, -0.2) is 42.8 Å². The van der Waals surface area contributed by atoms with Crippen molar-refractivity contribution in [2.24, 2.45) is 5.92 Å². The zero-order valence-electron chi connectivity index (χ0n) is 8.88. The molecular formula is C10H18N2O2. The molecule has 1 aliphatic heterocycles. The lowest BCUT2D eigenvalue weighted by molar-refractivity contribution is -0.135. The highest BCUT2D eigenvalue weighted by Gasteiger charge is 2.19. The number of carbonyl (C=O) groups excluding carboxylic acids is 2. The predicted molar refractivity (Wildman–Crippen MR) is 53.9 cm³/mol. The minimum Gasteiger partial charge on any atom is -0.340 e. The largest absolute Gasteiger partial charge is 0.340 e. The molecule has 0 aromatic carbocycles. The smallest absolute Gasteiger partial charge is 0.223 e. The van der Waals surface area contributed by atoms with E-state index in [1.165, 1.54) is 6.92 Å². The lowest BCUT2D eigenvalue weighted by Crippen LogP contribution is -2.46. The van der Waals surface area contributed by atoms with Gasteiger partial charge in [-0.15, -0.1) is 0 Å². The van der Waals surface area contributed by atoms with E-state index in [1.54, 1.807) is 0 Å². The Bertz CT molecular complexity index is 222. The Labute approximate surface area is 84.7 Å². The molecule has 0 aromatic rings. The van der Waals surface area contributed by atoms with Gasteiger partial charge in [-0.3, -0.25) is 9.59 Å². The molecule has 1 atom stereocenters. The van der Waals surface area contributed by atoms with Crippen LogP contribution in [0.15, 0.2) is 0 Å². The zero-order valence-corrected chi connectivity index (χ0v) is 8.88. The number of carbonyl (C=O) groups is 2. The molecule has 1 N–H and O–H groups in total. The third-order valence-electron chi connectivity index (χ3n) is 2.64. The maximum absolute atomic E-state index is 11.7. The van der Waals surface area contributed by atoms with E-state index in [-0.39, 0.29) is 17.6 Å². The average Bonchev–Trinajstić information content (AvgIpc) is 2.19. The van der Waals surface area contributed by atoms with Gasteiger partial charge in [-0.25, -0.2) is 0 Å². The summed E-state index contributed by atoms with van der Waals surface area (Å²) in [7, 11) is 0. The molecule has 1 fully saturated rings. The van der Waals surface area contributed by atoms with Crippen LogP contribution in [0, 0.1) is 5.92 Å². The molecule has 0 aromatic heterocycles. The number of Topliss-reactive ketones (excluding diaryl/α,β-unsaturated/α-hetero) is 1. The van der Waals surface area contributed by atoms with Gasteiger partial charge in [-0.05, 0) is 6.92 Å². The summed E-state index contributed by atoms with van der Waals surface area (Å²) in [4.78, 5) is 24.5. The van der Waals surface area contributed by atoms with Crippen LogP contribution < -0.4 is 5.32 Å². The molecule has 0 radical (unpaired) electrons. The van der Waals surface area contributed by atoms with Crippen LogP contribution >= 0.6 is 0 Å². The number of rotatable bonds is 3. The first-order valence-electron chi connectivity index (χ1n) is 5.10. The fourth-order valence-electron chi connectivity index (χ4n) is 1.45. The van der Waals surface area contributed by atoms with Gasteiger partial charge in [-0.1, -0.05) is 6.92 Å². The predicted octanol–water partition coefficient (Wildman–Crippen LogP) is 0.0334. The number of ketones is 1. The summed E-state index contributed by atoms with van der Waals surface area (Å²) in [6, 6.07) is 0. The van der Waals surface area contributed by atoms with Gasteiger partial charge < -0.3 is 10.2 Å². The lowest BCUT2D eigenvalue weighted by Gasteiger charge is -2.28. The van der Waals surface area contributed by atoms with Crippen LogP contribution in [0.3, 0.4) is 0 Å². The average molecular weight is 198 g/mol. The van der Waals surface area contributed by atoms with Crippen LogP contribution in [-0.2, 0) is 9.59 Å². The quantitative estimate of drug-likeness (QED) is 0.696. The summed E-state index contributed by atoms with van der Waals surface area (Å²) >= 11 is 0. The maximum Gasteiger partial charge on any atom is 0.223 e.